The monoisotopic (exact) mass is 309 g/mol. The molecule has 6 nitrogen and oxygen atoms in total. The summed E-state index contributed by atoms with van der Waals surface area (Å²) < 4.78 is 5.85. The van der Waals surface area contributed by atoms with E-state index in [0.717, 1.165) is 0 Å². The Morgan fingerprint density at radius 2 is 1.96 bits per heavy atom. The number of hydrogen-bond acceptors (Lipinski definition) is 5. The van der Waals surface area contributed by atoms with Gasteiger partial charge in [-0.2, -0.15) is 0 Å². The Hall–Kier alpha value is -3.28. The van der Waals surface area contributed by atoms with Crippen molar-refractivity contribution in [3.63, 3.8) is 0 Å². The van der Waals surface area contributed by atoms with E-state index in [2.05, 4.69) is 10.3 Å². The summed E-state index contributed by atoms with van der Waals surface area (Å²) in [5.41, 5.74) is 6.99. The number of nitrogens with two attached hydrogens (primary N) is 1. The fourth-order valence-corrected chi connectivity index (χ4v) is 2.22. The topological polar surface area (TPSA) is 97.5 Å². The number of amides is 1. The van der Waals surface area contributed by atoms with Gasteiger partial charge in [0.25, 0.3) is 5.91 Å². The number of phenolic OH excluding ortho intramolecular Hbond substituents is 1. The highest BCUT2D eigenvalue weighted by Crippen LogP contribution is 2.32. The average Bonchev–Trinajstić information content (AvgIpc) is 2.56. The van der Waals surface area contributed by atoms with Gasteiger partial charge in [0.2, 0.25) is 0 Å². The minimum absolute atomic E-state index is 0.131. The zero-order valence-electron chi connectivity index (χ0n) is 12.4. The number of carbonyl (C=O) groups excluding carboxylic acids is 1. The number of ether oxygens (including phenoxy) is 1. The lowest BCUT2D eigenvalue weighted by atomic mass is 10.1. The van der Waals surface area contributed by atoms with Crippen molar-refractivity contribution in [3.05, 3.63) is 54.2 Å². The van der Waals surface area contributed by atoms with Gasteiger partial charge in [0.05, 0.1) is 11.1 Å². The maximum atomic E-state index is 11.8. The van der Waals surface area contributed by atoms with Crippen LogP contribution in [-0.2, 0) is 0 Å². The van der Waals surface area contributed by atoms with Crippen LogP contribution in [0.25, 0.3) is 10.9 Å². The lowest BCUT2D eigenvalue weighted by Gasteiger charge is -2.11. The fourth-order valence-electron chi connectivity index (χ4n) is 2.22. The maximum Gasteiger partial charge on any atom is 0.254 e. The van der Waals surface area contributed by atoms with Gasteiger partial charge >= 0.3 is 0 Å². The largest absolute Gasteiger partial charge is 0.507 e. The van der Waals surface area contributed by atoms with Gasteiger partial charge in [-0.3, -0.25) is 9.78 Å². The van der Waals surface area contributed by atoms with Gasteiger partial charge in [0.15, 0.2) is 0 Å². The molecule has 0 spiro atoms. The molecule has 1 amide bonds. The molecule has 3 aromatic rings. The molecule has 3 rings (SSSR count). The van der Waals surface area contributed by atoms with Crippen molar-refractivity contribution in [1.29, 1.82) is 0 Å². The van der Waals surface area contributed by atoms with Crippen molar-refractivity contribution in [2.45, 2.75) is 0 Å². The molecule has 0 aliphatic carbocycles. The fraction of sp³-hybridized carbons (Fsp3) is 0.0588. The van der Waals surface area contributed by atoms with E-state index in [4.69, 9.17) is 10.5 Å². The molecule has 2 aromatic carbocycles. The van der Waals surface area contributed by atoms with Crippen LogP contribution in [0.15, 0.2) is 48.7 Å². The van der Waals surface area contributed by atoms with Gasteiger partial charge < -0.3 is 20.9 Å². The molecule has 1 heterocycles. The number of carbonyl (C=O) groups is 1. The molecular formula is C17H15N3O3. The molecule has 1 aromatic heterocycles. The van der Waals surface area contributed by atoms with Crippen molar-refractivity contribution in [2.24, 2.45) is 0 Å². The Bertz CT molecular complexity index is 876. The molecule has 23 heavy (non-hydrogen) atoms. The van der Waals surface area contributed by atoms with E-state index in [1.807, 2.05) is 0 Å². The Morgan fingerprint density at radius 3 is 2.65 bits per heavy atom. The van der Waals surface area contributed by atoms with Crippen LogP contribution in [0.4, 0.5) is 5.69 Å². The molecule has 0 aliphatic rings. The summed E-state index contributed by atoms with van der Waals surface area (Å²) in [5, 5.41) is 13.1. The SMILES string of the molecule is CNC(=O)c1cc2c(Oc3ccc(N)cc3)ccnc2cc1O. The number of fused-ring (bicyclic) bond motifs is 1. The molecule has 0 saturated carbocycles. The number of anilines is 1. The number of nitrogen functional groups attached to an aromatic ring is 1. The van der Waals surface area contributed by atoms with Crippen molar-refractivity contribution < 1.29 is 14.6 Å². The molecule has 0 radical (unpaired) electrons. The molecular weight excluding hydrogens is 294 g/mol. The van der Waals surface area contributed by atoms with Crippen LogP contribution in [0.3, 0.4) is 0 Å². The van der Waals surface area contributed by atoms with Gasteiger partial charge in [-0.15, -0.1) is 0 Å². The molecule has 0 saturated heterocycles. The first-order valence-electron chi connectivity index (χ1n) is 6.95. The van der Waals surface area contributed by atoms with Crippen molar-refractivity contribution in [2.75, 3.05) is 12.8 Å². The number of phenols is 1. The van der Waals surface area contributed by atoms with Crippen LogP contribution < -0.4 is 15.8 Å². The highest BCUT2D eigenvalue weighted by atomic mass is 16.5. The quantitative estimate of drug-likeness (QED) is 0.646. The average molecular weight is 309 g/mol. The van der Waals surface area contributed by atoms with E-state index < -0.39 is 0 Å². The molecule has 0 atom stereocenters. The number of benzene rings is 2. The Morgan fingerprint density at radius 1 is 1.22 bits per heavy atom. The van der Waals surface area contributed by atoms with E-state index in [1.165, 1.54) is 13.1 Å². The lowest BCUT2D eigenvalue weighted by molar-refractivity contribution is 0.0960. The van der Waals surface area contributed by atoms with Crippen LogP contribution >= 0.6 is 0 Å². The number of nitrogens with zero attached hydrogens (tertiary/aromatic N) is 1. The molecule has 0 unspecified atom stereocenters. The van der Waals surface area contributed by atoms with Gasteiger partial charge in [-0.1, -0.05) is 0 Å². The van der Waals surface area contributed by atoms with Crippen LogP contribution in [0, 0.1) is 0 Å². The third-order valence-corrected chi connectivity index (χ3v) is 3.40. The Labute approximate surface area is 132 Å². The number of aromatic nitrogens is 1. The smallest absolute Gasteiger partial charge is 0.254 e. The first kappa shape index (κ1) is 14.6. The number of nitrogens with one attached hydrogen (secondary N) is 1. The lowest BCUT2D eigenvalue weighted by Crippen LogP contribution is -2.17. The minimum Gasteiger partial charge on any atom is -0.507 e. The number of hydrogen-bond donors (Lipinski definition) is 3. The van der Waals surface area contributed by atoms with E-state index >= 15 is 0 Å². The Balaban J connectivity index is 2.09. The Kier molecular flexibility index (Phi) is 3.72. The first-order valence-corrected chi connectivity index (χ1v) is 6.95. The molecule has 0 aliphatic heterocycles. The van der Waals surface area contributed by atoms with Crippen LogP contribution in [-0.4, -0.2) is 23.0 Å². The highest BCUT2D eigenvalue weighted by Gasteiger charge is 2.14. The summed E-state index contributed by atoms with van der Waals surface area (Å²) in [6, 6.07) is 11.7. The zero-order valence-corrected chi connectivity index (χ0v) is 12.4. The summed E-state index contributed by atoms with van der Waals surface area (Å²) in [6.45, 7) is 0. The summed E-state index contributed by atoms with van der Waals surface area (Å²) in [4.78, 5) is 16.0. The third kappa shape index (κ3) is 2.87. The standard InChI is InChI=1S/C17H15N3O3/c1-19-17(22)13-8-12-14(9-15(13)21)20-7-6-16(12)23-11-4-2-10(18)3-5-11/h2-9,21H,18H2,1H3,(H,19,22). The van der Waals surface area contributed by atoms with E-state index in [0.29, 0.717) is 28.1 Å². The minimum atomic E-state index is -0.383. The normalized spacial score (nSPS) is 10.5. The van der Waals surface area contributed by atoms with Gasteiger partial charge in [-0.25, -0.2) is 0 Å². The maximum absolute atomic E-state index is 11.8. The summed E-state index contributed by atoms with van der Waals surface area (Å²) >= 11 is 0. The third-order valence-electron chi connectivity index (χ3n) is 3.40. The van der Waals surface area contributed by atoms with Crippen LogP contribution in [0.1, 0.15) is 10.4 Å². The van der Waals surface area contributed by atoms with Crippen LogP contribution in [0.2, 0.25) is 0 Å². The predicted molar refractivity (Wildman–Crippen MR) is 87.7 cm³/mol. The van der Waals surface area contributed by atoms with Crippen LogP contribution in [0.5, 0.6) is 17.2 Å². The molecule has 4 N–H and O–H groups in total. The molecule has 0 bridgehead atoms. The highest BCUT2D eigenvalue weighted by molar-refractivity contribution is 6.01. The predicted octanol–water partition coefficient (Wildman–Crippen LogP) is 2.67. The van der Waals surface area contributed by atoms with E-state index in [1.54, 1.807) is 42.6 Å². The number of aromatic hydroxyl groups is 1. The molecule has 6 heteroatoms. The van der Waals surface area contributed by atoms with E-state index in [-0.39, 0.29) is 17.2 Å². The molecule has 0 fully saturated rings. The van der Waals surface area contributed by atoms with Gasteiger partial charge in [0, 0.05) is 30.4 Å². The second kappa shape index (κ2) is 5.84. The first-order chi connectivity index (χ1) is 11.1. The van der Waals surface area contributed by atoms with E-state index in [9.17, 15) is 9.90 Å². The zero-order chi connectivity index (χ0) is 16.4. The van der Waals surface area contributed by atoms with Crippen molar-refractivity contribution in [1.82, 2.24) is 10.3 Å². The summed E-state index contributed by atoms with van der Waals surface area (Å²) in [6.07, 6.45) is 1.58. The van der Waals surface area contributed by atoms with Crippen molar-refractivity contribution in [3.8, 4) is 17.2 Å². The number of pyridine rings is 1. The summed E-state index contributed by atoms with van der Waals surface area (Å²) in [5.74, 6) is 0.631. The van der Waals surface area contributed by atoms with Gasteiger partial charge in [0.1, 0.15) is 17.2 Å². The number of rotatable bonds is 3. The summed E-state index contributed by atoms with van der Waals surface area (Å²) in [7, 11) is 1.50. The van der Waals surface area contributed by atoms with Gasteiger partial charge in [-0.05, 0) is 36.4 Å². The van der Waals surface area contributed by atoms with Crippen molar-refractivity contribution >= 4 is 22.5 Å². The second-order valence-corrected chi connectivity index (χ2v) is 4.95. The molecule has 116 valence electrons. The second-order valence-electron chi connectivity index (χ2n) is 4.95.